The Morgan fingerprint density at radius 1 is 1.27 bits per heavy atom. The Hall–Kier alpha value is -0.0800. The first kappa shape index (κ1) is 13.0. The Kier molecular flexibility index (Phi) is 4.19. The summed E-state index contributed by atoms with van der Waals surface area (Å²) in [6, 6.07) is 0. The molecule has 0 spiro atoms. The van der Waals surface area contributed by atoms with E-state index in [-0.39, 0.29) is 5.41 Å². The minimum Gasteiger partial charge on any atom is -0.384 e. The molecule has 0 radical (unpaired) electrons. The molecule has 0 amide bonds. The third-order valence-corrected chi connectivity index (χ3v) is 4.15. The van der Waals surface area contributed by atoms with Gasteiger partial charge in [0.15, 0.2) is 0 Å². The average Bonchev–Trinajstić information content (AvgIpc) is 2.17. The van der Waals surface area contributed by atoms with Crippen LogP contribution in [0.5, 0.6) is 0 Å². The summed E-state index contributed by atoms with van der Waals surface area (Å²) in [5, 5.41) is 0. The molecule has 0 bridgehead atoms. The highest BCUT2D eigenvalue weighted by Crippen LogP contribution is 2.44. The predicted molar refractivity (Wildman–Crippen MR) is 64.8 cm³/mol. The molecular weight excluding hydrogens is 186 g/mol. The van der Waals surface area contributed by atoms with Crippen molar-refractivity contribution in [3.05, 3.63) is 0 Å². The van der Waals surface area contributed by atoms with Crippen LogP contribution in [0, 0.1) is 16.7 Å². The molecule has 0 unspecified atom stereocenters. The van der Waals surface area contributed by atoms with Crippen LogP contribution in [-0.2, 0) is 4.74 Å². The van der Waals surface area contributed by atoms with E-state index in [1.807, 2.05) is 0 Å². The summed E-state index contributed by atoms with van der Waals surface area (Å²) in [7, 11) is 1.78. The van der Waals surface area contributed by atoms with Gasteiger partial charge < -0.3 is 10.5 Å². The first-order chi connectivity index (χ1) is 6.93. The lowest BCUT2D eigenvalue weighted by atomic mass is 9.64. The highest BCUT2D eigenvalue weighted by atomic mass is 16.5. The van der Waals surface area contributed by atoms with Crippen molar-refractivity contribution in [3.8, 4) is 0 Å². The lowest BCUT2D eigenvalue weighted by molar-refractivity contribution is 0.0222. The molecule has 0 saturated heterocycles. The molecule has 0 aromatic rings. The van der Waals surface area contributed by atoms with Gasteiger partial charge in [-0.1, -0.05) is 20.8 Å². The molecule has 1 rings (SSSR count). The molecule has 0 aromatic carbocycles. The van der Waals surface area contributed by atoms with Crippen LogP contribution in [0.3, 0.4) is 0 Å². The fourth-order valence-electron chi connectivity index (χ4n) is 2.81. The molecule has 0 atom stereocenters. The quantitative estimate of drug-likeness (QED) is 0.782. The summed E-state index contributed by atoms with van der Waals surface area (Å²) in [5.41, 5.74) is 6.63. The molecule has 1 saturated carbocycles. The molecule has 2 heteroatoms. The fraction of sp³-hybridized carbons (Fsp3) is 1.00. The lowest BCUT2D eigenvalue weighted by Crippen LogP contribution is -2.40. The zero-order chi connectivity index (χ0) is 11.5. The van der Waals surface area contributed by atoms with Gasteiger partial charge in [-0.3, -0.25) is 0 Å². The van der Waals surface area contributed by atoms with Crippen molar-refractivity contribution in [1.29, 1.82) is 0 Å². The average molecular weight is 213 g/mol. The van der Waals surface area contributed by atoms with Gasteiger partial charge >= 0.3 is 0 Å². The first-order valence-corrected chi connectivity index (χ1v) is 6.12. The number of rotatable bonds is 3. The smallest absolute Gasteiger partial charge is 0.0530 e. The third-order valence-electron chi connectivity index (χ3n) is 4.15. The topological polar surface area (TPSA) is 35.2 Å². The first-order valence-electron chi connectivity index (χ1n) is 6.12. The molecule has 0 heterocycles. The molecule has 1 aliphatic rings. The van der Waals surface area contributed by atoms with E-state index in [1.165, 1.54) is 25.7 Å². The van der Waals surface area contributed by atoms with E-state index in [0.717, 1.165) is 19.1 Å². The van der Waals surface area contributed by atoms with E-state index in [0.29, 0.717) is 5.41 Å². The maximum atomic E-state index is 5.90. The minimum absolute atomic E-state index is 0.274. The van der Waals surface area contributed by atoms with Gasteiger partial charge in [0.2, 0.25) is 0 Å². The Labute approximate surface area is 94.6 Å². The van der Waals surface area contributed by atoms with Crippen LogP contribution in [0.25, 0.3) is 0 Å². The minimum atomic E-state index is 0.274. The molecule has 2 N–H and O–H groups in total. The van der Waals surface area contributed by atoms with Crippen LogP contribution in [0.15, 0.2) is 0 Å². The Bertz CT molecular complexity index is 187. The summed E-state index contributed by atoms with van der Waals surface area (Å²) >= 11 is 0. The highest BCUT2D eigenvalue weighted by Gasteiger charge is 2.37. The number of nitrogens with two attached hydrogens (primary N) is 1. The summed E-state index contributed by atoms with van der Waals surface area (Å²) in [5.74, 6) is 0.856. The summed E-state index contributed by atoms with van der Waals surface area (Å²) < 4.78 is 5.32. The van der Waals surface area contributed by atoms with E-state index in [1.54, 1.807) is 7.11 Å². The van der Waals surface area contributed by atoms with Crippen molar-refractivity contribution in [3.63, 3.8) is 0 Å². The fourth-order valence-corrected chi connectivity index (χ4v) is 2.81. The number of ether oxygens (including phenoxy) is 1. The van der Waals surface area contributed by atoms with Gasteiger partial charge in [-0.25, -0.2) is 0 Å². The Morgan fingerprint density at radius 3 is 2.13 bits per heavy atom. The van der Waals surface area contributed by atoms with Crippen LogP contribution in [-0.4, -0.2) is 20.3 Å². The highest BCUT2D eigenvalue weighted by molar-refractivity contribution is 4.89. The van der Waals surface area contributed by atoms with Gasteiger partial charge in [-0.05, 0) is 37.0 Å². The third kappa shape index (κ3) is 3.18. The second-order valence-corrected chi connectivity index (χ2v) is 6.28. The number of hydrogen-bond donors (Lipinski definition) is 1. The van der Waals surface area contributed by atoms with E-state index < -0.39 is 0 Å². The van der Waals surface area contributed by atoms with E-state index >= 15 is 0 Å². The Balaban J connectivity index is 2.53. The SMILES string of the molecule is COCC1(CN)CCC(C(C)(C)C)CC1. The molecule has 0 aromatic heterocycles. The normalized spacial score (nSPS) is 33.0. The van der Waals surface area contributed by atoms with E-state index in [2.05, 4.69) is 20.8 Å². The van der Waals surface area contributed by atoms with Crippen LogP contribution in [0.2, 0.25) is 0 Å². The lowest BCUT2D eigenvalue weighted by Gasteiger charge is -2.43. The molecule has 0 aliphatic heterocycles. The van der Waals surface area contributed by atoms with Gasteiger partial charge in [-0.15, -0.1) is 0 Å². The molecule has 90 valence electrons. The maximum Gasteiger partial charge on any atom is 0.0530 e. The van der Waals surface area contributed by atoms with Crippen molar-refractivity contribution in [2.45, 2.75) is 46.5 Å². The van der Waals surface area contributed by atoms with Crippen molar-refractivity contribution in [2.24, 2.45) is 22.5 Å². The van der Waals surface area contributed by atoms with Crippen LogP contribution >= 0.6 is 0 Å². The second-order valence-electron chi connectivity index (χ2n) is 6.28. The predicted octanol–water partition coefficient (Wildman–Crippen LogP) is 2.81. The molecule has 15 heavy (non-hydrogen) atoms. The van der Waals surface area contributed by atoms with Gasteiger partial charge in [0, 0.05) is 19.1 Å². The summed E-state index contributed by atoms with van der Waals surface area (Å²) in [6.07, 6.45) is 5.09. The van der Waals surface area contributed by atoms with Gasteiger partial charge in [0.05, 0.1) is 6.61 Å². The van der Waals surface area contributed by atoms with Crippen LogP contribution in [0.4, 0.5) is 0 Å². The zero-order valence-corrected chi connectivity index (χ0v) is 10.8. The van der Waals surface area contributed by atoms with Gasteiger partial charge in [0.25, 0.3) is 0 Å². The van der Waals surface area contributed by atoms with Gasteiger partial charge in [0.1, 0.15) is 0 Å². The Morgan fingerprint density at radius 2 is 1.80 bits per heavy atom. The largest absolute Gasteiger partial charge is 0.384 e. The van der Waals surface area contributed by atoms with Crippen molar-refractivity contribution < 1.29 is 4.74 Å². The van der Waals surface area contributed by atoms with Gasteiger partial charge in [-0.2, -0.15) is 0 Å². The monoisotopic (exact) mass is 213 g/mol. The van der Waals surface area contributed by atoms with E-state index in [9.17, 15) is 0 Å². The van der Waals surface area contributed by atoms with Crippen molar-refractivity contribution >= 4 is 0 Å². The molecule has 1 fully saturated rings. The number of methoxy groups -OCH3 is 1. The second kappa shape index (κ2) is 4.84. The van der Waals surface area contributed by atoms with E-state index in [4.69, 9.17) is 10.5 Å². The summed E-state index contributed by atoms with van der Waals surface area (Å²) in [4.78, 5) is 0. The van der Waals surface area contributed by atoms with Crippen LogP contribution in [0.1, 0.15) is 46.5 Å². The maximum absolute atomic E-state index is 5.90. The molecule has 1 aliphatic carbocycles. The number of hydrogen-bond acceptors (Lipinski definition) is 2. The van der Waals surface area contributed by atoms with Crippen molar-refractivity contribution in [2.75, 3.05) is 20.3 Å². The standard InChI is InChI=1S/C13H27NO/c1-12(2,3)11-5-7-13(9-14,8-6-11)10-15-4/h11H,5-10,14H2,1-4H3. The zero-order valence-electron chi connectivity index (χ0n) is 10.8. The molecular formula is C13H27NO. The molecule has 2 nitrogen and oxygen atoms in total. The van der Waals surface area contributed by atoms with Crippen LogP contribution < -0.4 is 5.73 Å². The van der Waals surface area contributed by atoms with Crippen molar-refractivity contribution in [1.82, 2.24) is 0 Å². The summed E-state index contributed by atoms with van der Waals surface area (Å²) in [6.45, 7) is 8.66.